The maximum atomic E-state index is 10.9. The van der Waals surface area contributed by atoms with E-state index < -0.39 is 0 Å². The Hall–Kier alpha value is -2.11. The molecule has 0 spiro atoms. The predicted octanol–water partition coefficient (Wildman–Crippen LogP) is 6.93. The molecule has 0 saturated carbocycles. The first-order valence-electron chi connectivity index (χ1n) is 9.00. The highest BCUT2D eigenvalue weighted by atomic mass is 35.5. The Morgan fingerprint density at radius 2 is 1.48 bits per heavy atom. The minimum Gasteiger partial charge on any atom is -0.302 e. The number of anilines is 2. The second-order valence-corrected chi connectivity index (χ2v) is 10.6. The average Bonchev–Trinajstić information content (AvgIpc) is 3.44. The summed E-state index contributed by atoms with van der Waals surface area (Å²) in [7, 11) is 0. The van der Waals surface area contributed by atoms with Crippen LogP contribution in [0.3, 0.4) is 0 Å². The molecular formula is C20H19ClN4O2S4. The summed E-state index contributed by atoms with van der Waals surface area (Å²) < 4.78 is 0.751. The molecule has 0 saturated heterocycles. The zero-order chi connectivity index (χ0) is 22.5. The fourth-order valence-corrected chi connectivity index (χ4v) is 6.40. The number of nitrogens with zero attached hydrogens (tertiary/aromatic N) is 2. The van der Waals surface area contributed by atoms with Gasteiger partial charge in [0, 0.05) is 25.0 Å². The lowest BCUT2D eigenvalue weighted by molar-refractivity contribution is -0.115. The maximum Gasteiger partial charge on any atom is 0.223 e. The third-order valence-corrected chi connectivity index (χ3v) is 7.89. The molecule has 0 atom stereocenters. The SMILES string of the molecule is CC(=O)Nc1nc(C)c(-c2ccsc2)s1.CC(=O)Nc1nc(C)c(-c2ccsc2Cl)s1. The van der Waals surface area contributed by atoms with Gasteiger partial charge in [0.25, 0.3) is 0 Å². The molecule has 2 N–H and O–H groups in total. The van der Waals surface area contributed by atoms with E-state index in [0.717, 1.165) is 31.0 Å². The van der Waals surface area contributed by atoms with Crippen LogP contribution >= 0.6 is 56.9 Å². The van der Waals surface area contributed by atoms with E-state index in [1.807, 2.05) is 30.7 Å². The van der Waals surface area contributed by atoms with Gasteiger partial charge in [-0.15, -0.1) is 11.3 Å². The topological polar surface area (TPSA) is 84.0 Å². The van der Waals surface area contributed by atoms with E-state index in [2.05, 4.69) is 32.0 Å². The standard InChI is InChI=1S/C10H9ClN2OS2.C10H10N2OS2/c1-5-8(7-3-4-15-9(7)11)16-10(12-5)13-6(2)14;1-6-9(8-3-4-14-5-8)15-10(11-6)12-7(2)13/h3-4H,1-2H3,(H,12,13,14);3-5H,1-2H3,(H,11,12,13). The van der Waals surface area contributed by atoms with Crippen molar-refractivity contribution < 1.29 is 9.59 Å². The highest BCUT2D eigenvalue weighted by Gasteiger charge is 2.14. The van der Waals surface area contributed by atoms with Gasteiger partial charge in [-0.1, -0.05) is 34.3 Å². The molecule has 11 heteroatoms. The molecule has 0 radical (unpaired) electrons. The lowest BCUT2D eigenvalue weighted by Gasteiger charge is -1.94. The van der Waals surface area contributed by atoms with E-state index >= 15 is 0 Å². The fourth-order valence-electron chi connectivity index (χ4n) is 2.57. The van der Waals surface area contributed by atoms with Crippen LogP contribution in [-0.2, 0) is 9.59 Å². The second-order valence-electron chi connectivity index (χ2n) is 6.35. The van der Waals surface area contributed by atoms with Crippen LogP contribution < -0.4 is 10.6 Å². The second kappa shape index (κ2) is 10.5. The average molecular weight is 511 g/mol. The number of carbonyl (C=O) groups excluding carboxylic acids is 2. The van der Waals surface area contributed by atoms with Gasteiger partial charge >= 0.3 is 0 Å². The Bertz CT molecular complexity index is 1190. The van der Waals surface area contributed by atoms with E-state index in [-0.39, 0.29) is 11.8 Å². The molecular weight excluding hydrogens is 492 g/mol. The molecule has 0 aliphatic heterocycles. The number of aryl methyl sites for hydroxylation is 2. The van der Waals surface area contributed by atoms with Crippen LogP contribution in [0, 0.1) is 13.8 Å². The number of hydrogen-bond acceptors (Lipinski definition) is 8. The number of carbonyl (C=O) groups is 2. The molecule has 31 heavy (non-hydrogen) atoms. The molecule has 2 amide bonds. The number of rotatable bonds is 4. The molecule has 4 aromatic rings. The van der Waals surface area contributed by atoms with Crippen molar-refractivity contribution in [3.63, 3.8) is 0 Å². The van der Waals surface area contributed by atoms with E-state index in [4.69, 9.17) is 11.6 Å². The van der Waals surface area contributed by atoms with E-state index in [9.17, 15) is 9.59 Å². The molecule has 0 aromatic carbocycles. The minimum atomic E-state index is -0.114. The summed E-state index contributed by atoms with van der Waals surface area (Å²) in [6.45, 7) is 6.81. The van der Waals surface area contributed by atoms with Crippen LogP contribution in [0.25, 0.3) is 20.9 Å². The molecule has 162 valence electrons. The monoisotopic (exact) mass is 510 g/mol. The summed E-state index contributed by atoms with van der Waals surface area (Å²) >= 11 is 12.2. The van der Waals surface area contributed by atoms with Crippen LogP contribution in [-0.4, -0.2) is 21.8 Å². The van der Waals surface area contributed by atoms with Gasteiger partial charge in [-0.3, -0.25) is 9.59 Å². The summed E-state index contributed by atoms with van der Waals surface area (Å²) in [5.74, 6) is -0.197. The van der Waals surface area contributed by atoms with Crippen molar-refractivity contribution in [2.24, 2.45) is 0 Å². The molecule has 0 aliphatic carbocycles. The van der Waals surface area contributed by atoms with Gasteiger partial charge in [0.1, 0.15) is 4.34 Å². The van der Waals surface area contributed by atoms with Crippen molar-refractivity contribution in [3.8, 4) is 20.9 Å². The van der Waals surface area contributed by atoms with E-state index in [1.54, 1.807) is 11.3 Å². The van der Waals surface area contributed by atoms with Crippen LogP contribution in [0.2, 0.25) is 4.34 Å². The van der Waals surface area contributed by atoms with Gasteiger partial charge in [0.05, 0.1) is 21.1 Å². The number of thiazole rings is 2. The highest BCUT2D eigenvalue weighted by molar-refractivity contribution is 7.20. The molecule has 0 fully saturated rings. The lowest BCUT2D eigenvalue weighted by Crippen LogP contribution is -2.04. The number of amides is 2. The first-order valence-corrected chi connectivity index (χ1v) is 12.8. The van der Waals surface area contributed by atoms with Crippen molar-refractivity contribution in [1.82, 2.24) is 9.97 Å². The molecule has 0 aliphatic rings. The fraction of sp³-hybridized carbons (Fsp3) is 0.200. The minimum absolute atomic E-state index is 0.0828. The quantitative estimate of drug-likeness (QED) is 0.311. The van der Waals surface area contributed by atoms with Crippen molar-refractivity contribution in [2.45, 2.75) is 27.7 Å². The van der Waals surface area contributed by atoms with E-state index in [0.29, 0.717) is 10.3 Å². The largest absolute Gasteiger partial charge is 0.302 e. The van der Waals surface area contributed by atoms with Crippen molar-refractivity contribution in [2.75, 3.05) is 10.6 Å². The molecule has 4 heterocycles. The summed E-state index contributed by atoms with van der Waals surface area (Å²) in [5, 5.41) is 12.7. The third-order valence-electron chi connectivity index (χ3n) is 3.81. The first kappa shape index (κ1) is 23.6. The van der Waals surface area contributed by atoms with Crippen LogP contribution in [0.15, 0.2) is 28.3 Å². The summed E-state index contributed by atoms with van der Waals surface area (Å²) in [6, 6.07) is 4.02. The van der Waals surface area contributed by atoms with Gasteiger partial charge in [0.15, 0.2) is 10.3 Å². The van der Waals surface area contributed by atoms with Gasteiger partial charge in [0.2, 0.25) is 11.8 Å². The summed E-state index contributed by atoms with van der Waals surface area (Å²) in [5.41, 5.74) is 4.00. The number of nitrogens with one attached hydrogen (secondary N) is 2. The Balaban J connectivity index is 0.000000176. The number of halogens is 1. The maximum absolute atomic E-state index is 10.9. The first-order chi connectivity index (χ1) is 14.7. The van der Waals surface area contributed by atoms with Gasteiger partial charge in [-0.2, -0.15) is 11.3 Å². The van der Waals surface area contributed by atoms with Crippen molar-refractivity contribution in [1.29, 1.82) is 0 Å². The normalized spacial score (nSPS) is 10.4. The summed E-state index contributed by atoms with van der Waals surface area (Å²) in [6.07, 6.45) is 0. The summed E-state index contributed by atoms with van der Waals surface area (Å²) in [4.78, 5) is 32.5. The molecule has 4 rings (SSSR count). The number of thiophene rings is 2. The molecule has 4 aromatic heterocycles. The zero-order valence-corrected chi connectivity index (χ0v) is 21.1. The zero-order valence-electron chi connectivity index (χ0n) is 17.1. The van der Waals surface area contributed by atoms with Gasteiger partial charge in [-0.25, -0.2) is 9.97 Å². The van der Waals surface area contributed by atoms with Crippen molar-refractivity contribution >= 4 is 79.0 Å². The van der Waals surface area contributed by atoms with Crippen LogP contribution in [0.5, 0.6) is 0 Å². The predicted molar refractivity (Wildman–Crippen MR) is 134 cm³/mol. The molecule has 0 unspecified atom stereocenters. The smallest absolute Gasteiger partial charge is 0.223 e. The van der Waals surface area contributed by atoms with Crippen LogP contribution in [0.1, 0.15) is 25.2 Å². The molecule has 0 bridgehead atoms. The van der Waals surface area contributed by atoms with Gasteiger partial charge < -0.3 is 10.6 Å². The number of hydrogen-bond donors (Lipinski definition) is 2. The van der Waals surface area contributed by atoms with Crippen molar-refractivity contribution in [3.05, 3.63) is 44.0 Å². The van der Waals surface area contributed by atoms with E-state index in [1.165, 1.54) is 53.4 Å². The Morgan fingerprint density at radius 1 is 0.903 bits per heavy atom. The van der Waals surface area contributed by atoms with Crippen LogP contribution in [0.4, 0.5) is 10.3 Å². The molecule has 6 nitrogen and oxygen atoms in total. The van der Waals surface area contributed by atoms with Gasteiger partial charge in [-0.05, 0) is 42.1 Å². The lowest BCUT2D eigenvalue weighted by atomic mass is 10.2. The Labute approximate surface area is 201 Å². The number of aromatic nitrogens is 2. The third kappa shape index (κ3) is 6.20. The Morgan fingerprint density at radius 3 is 1.97 bits per heavy atom. The highest BCUT2D eigenvalue weighted by Crippen LogP contribution is 2.39. The Kier molecular flexibility index (Phi) is 7.95.